The molecule has 1 saturated carbocycles. The summed E-state index contributed by atoms with van der Waals surface area (Å²) in [7, 11) is 2.02. The molecule has 2 aliphatic rings. The van der Waals surface area contributed by atoms with Gasteiger partial charge in [0.15, 0.2) is 5.82 Å². The highest BCUT2D eigenvalue weighted by Crippen LogP contribution is 2.39. The number of nitrogens with two attached hydrogens (primary N) is 1. The van der Waals surface area contributed by atoms with Crippen molar-refractivity contribution in [1.29, 1.82) is 5.26 Å². The summed E-state index contributed by atoms with van der Waals surface area (Å²) in [5.41, 5.74) is 12.7. The van der Waals surface area contributed by atoms with Crippen molar-refractivity contribution < 1.29 is 0 Å². The van der Waals surface area contributed by atoms with E-state index in [0.717, 1.165) is 36.7 Å². The van der Waals surface area contributed by atoms with Crippen LogP contribution in [-0.4, -0.2) is 45.4 Å². The lowest BCUT2D eigenvalue weighted by atomic mass is 9.97. The zero-order chi connectivity index (χ0) is 17.4. The van der Waals surface area contributed by atoms with Gasteiger partial charge < -0.3 is 10.6 Å². The minimum Gasteiger partial charge on any atom is -0.357 e. The minimum absolute atomic E-state index is 0.0757. The SMILES string of the molecule is CN(CCCC1NNC(N)C1C#N)c1nccn2c(C3CC3)nnc12. The number of hydrogen-bond acceptors (Lipinski definition) is 8. The Morgan fingerprint density at radius 1 is 1.40 bits per heavy atom. The number of rotatable bonds is 6. The number of hydrazine groups is 1. The summed E-state index contributed by atoms with van der Waals surface area (Å²) in [4.78, 5) is 6.60. The van der Waals surface area contributed by atoms with Crippen LogP contribution in [-0.2, 0) is 0 Å². The van der Waals surface area contributed by atoms with Gasteiger partial charge in [0.1, 0.15) is 5.82 Å². The zero-order valence-corrected chi connectivity index (χ0v) is 14.3. The monoisotopic (exact) mass is 341 g/mol. The van der Waals surface area contributed by atoms with E-state index in [1.165, 1.54) is 12.8 Å². The summed E-state index contributed by atoms with van der Waals surface area (Å²) in [6.07, 6.45) is 7.62. The molecule has 0 aromatic carbocycles. The fraction of sp³-hybridized carbons (Fsp3) is 0.625. The average molecular weight is 341 g/mol. The Labute approximate surface area is 146 Å². The van der Waals surface area contributed by atoms with E-state index in [4.69, 9.17) is 5.73 Å². The van der Waals surface area contributed by atoms with Crippen molar-refractivity contribution in [3.63, 3.8) is 0 Å². The van der Waals surface area contributed by atoms with Crippen molar-refractivity contribution in [3.8, 4) is 6.07 Å². The van der Waals surface area contributed by atoms with Gasteiger partial charge in [0, 0.05) is 37.9 Å². The van der Waals surface area contributed by atoms with Crippen molar-refractivity contribution in [2.24, 2.45) is 11.7 Å². The maximum atomic E-state index is 9.22. The normalized spacial score (nSPS) is 26.0. The summed E-state index contributed by atoms with van der Waals surface area (Å²) >= 11 is 0. The fourth-order valence-electron chi connectivity index (χ4n) is 3.43. The van der Waals surface area contributed by atoms with Crippen LogP contribution in [0.3, 0.4) is 0 Å². The predicted molar refractivity (Wildman–Crippen MR) is 92.4 cm³/mol. The van der Waals surface area contributed by atoms with Crippen molar-refractivity contribution in [2.45, 2.75) is 43.8 Å². The summed E-state index contributed by atoms with van der Waals surface area (Å²) in [5.74, 6) is 2.22. The third-order valence-corrected chi connectivity index (χ3v) is 5.05. The largest absolute Gasteiger partial charge is 0.357 e. The molecule has 3 atom stereocenters. The molecule has 4 rings (SSSR count). The Morgan fingerprint density at radius 3 is 3.00 bits per heavy atom. The molecule has 9 heteroatoms. The molecule has 1 aliphatic heterocycles. The van der Waals surface area contributed by atoms with Gasteiger partial charge in [0.25, 0.3) is 0 Å². The number of anilines is 1. The van der Waals surface area contributed by atoms with E-state index in [1.54, 1.807) is 6.20 Å². The lowest BCUT2D eigenvalue weighted by molar-refractivity contribution is 0.463. The number of nitrogens with one attached hydrogen (secondary N) is 2. The van der Waals surface area contributed by atoms with Gasteiger partial charge >= 0.3 is 0 Å². The molecular formula is C16H23N9. The standard InChI is InChI=1S/C16H23N9/c1-24(7-2-3-12-11(9-17)13(18)21-20-12)15-16-23-22-14(10-4-5-10)25(16)8-6-19-15/h6,8,10-13,20-21H,2-5,7,18H2,1H3. The summed E-state index contributed by atoms with van der Waals surface area (Å²) in [5, 5.41) is 17.9. The Bertz CT molecular complexity index is 790. The van der Waals surface area contributed by atoms with Gasteiger partial charge in [-0.05, 0) is 25.7 Å². The number of fused-ring (bicyclic) bond motifs is 1. The molecule has 0 spiro atoms. The Hall–Kier alpha value is -2.28. The first-order chi connectivity index (χ1) is 12.2. The minimum atomic E-state index is -0.306. The van der Waals surface area contributed by atoms with Crippen LogP contribution >= 0.6 is 0 Å². The molecule has 2 aromatic heterocycles. The second kappa shape index (κ2) is 6.55. The van der Waals surface area contributed by atoms with E-state index < -0.39 is 0 Å². The topological polar surface area (TPSA) is 120 Å². The first-order valence-corrected chi connectivity index (χ1v) is 8.76. The maximum absolute atomic E-state index is 9.22. The van der Waals surface area contributed by atoms with E-state index in [2.05, 4.69) is 41.4 Å². The molecular weight excluding hydrogens is 318 g/mol. The Balaban J connectivity index is 1.41. The lowest BCUT2D eigenvalue weighted by Gasteiger charge is -2.20. The molecule has 0 bridgehead atoms. The van der Waals surface area contributed by atoms with E-state index in [9.17, 15) is 5.26 Å². The molecule has 2 fully saturated rings. The molecule has 1 saturated heterocycles. The molecule has 2 aromatic rings. The molecule has 25 heavy (non-hydrogen) atoms. The summed E-state index contributed by atoms with van der Waals surface area (Å²) in [6, 6.07) is 2.36. The first-order valence-electron chi connectivity index (χ1n) is 8.76. The third-order valence-electron chi connectivity index (χ3n) is 5.05. The molecule has 0 amide bonds. The lowest BCUT2D eigenvalue weighted by Crippen LogP contribution is -2.38. The molecule has 1 aliphatic carbocycles. The zero-order valence-electron chi connectivity index (χ0n) is 14.3. The number of nitriles is 1. The van der Waals surface area contributed by atoms with Gasteiger partial charge in [-0.3, -0.25) is 9.83 Å². The third kappa shape index (κ3) is 3.04. The summed E-state index contributed by atoms with van der Waals surface area (Å²) in [6.45, 7) is 0.823. The van der Waals surface area contributed by atoms with Crippen molar-refractivity contribution >= 4 is 11.5 Å². The fourth-order valence-corrected chi connectivity index (χ4v) is 3.43. The van der Waals surface area contributed by atoms with Crippen LogP contribution < -0.4 is 21.5 Å². The number of nitrogens with zero attached hydrogens (tertiary/aromatic N) is 6. The molecule has 4 N–H and O–H groups in total. The Kier molecular flexibility index (Phi) is 4.25. The molecule has 0 radical (unpaired) electrons. The van der Waals surface area contributed by atoms with Gasteiger partial charge in [0.05, 0.1) is 18.2 Å². The van der Waals surface area contributed by atoms with Gasteiger partial charge in [-0.15, -0.1) is 10.2 Å². The molecule has 132 valence electrons. The smallest absolute Gasteiger partial charge is 0.203 e. The van der Waals surface area contributed by atoms with Crippen LogP contribution in [0.2, 0.25) is 0 Å². The highest BCUT2D eigenvalue weighted by atomic mass is 15.5. The van der Waals surface area contributed by atoms with Crippen molar-refractivity contribution in [3.05, 3.63) is 18.2 Å². The number of hydrogen-bond donors (Lipinski definition) is 3. The van der Waals surface area contributed by atoms with Gasteiger partial charge in [-0.25, -0.2) is 10.4 Å². The quantitative estimate of drug-likeness (QED) is 0.677. The van der Waals surface area contributed by atoms with Crippen LogP contribution in [0.5, 0.6) is 0 Å². The second-order valence-corrected chi connectivity index (χ2v) is 6.92. The van der Waals surface area contributed by atoms with Crippen LogP contribution in [0.4, 0.5) is 5.82 Å². The average Bonchev–Trinajstić information content (AvgIpc) is 3.27. The molecule has 3 unspecified atom stereocenters. The van der Waals surface area contributed by atoms with Gasteiger partial charge in [-0.2, -0.15) is 5.26 Å². The van der Waals surface area contributed by atoms with Crippen LogP contribution in [0.1, 0.15) is 37.4 Å². The summed E-state index contributed by atoms with van der Waals surface area (Å²) < 4.78 is 2.06. The second-order valence-electron chi connectivity index (χ2n) is 6.92. The first kappa shape index (κ1) is 16.2. The predicted octanol–water partition coefficient (Wildman–Crippen LogP) is 0.119. The van der Waals surface area contributed by atoms with E-state index in [0.29, 0.717) is 5.92 Å². The maximum Gasteiger partial charge on any atom is 0.203 e. The number of aromatic nitrogens is 4. The highest BCUT2D eigenvalue weighted by Gasteiger charge is 2.33. The molecule has 9 nitrogen and oxygen atoms in total. The van der Waals surface area contributed by atoms with E-state index in [1.807, 2.05) is 13.2 Å². The van der Waals surface area contributed by atoms with Crippen molar-refractivity contribution in [2.75, 3.05) is 18.5 Å². The Morgan fingerprint density at radius 2 is 2.24 bits per heavy atom. The molecule has 3 heterocycles. The van der Waals surface area contributed by atoms with Crippen LogP contribution in [0.15, 0.2) is 12.4 Å². The van der Waals surface area contributed by atoms with Gasteiger partial charge in [-0.1, -0.05) is 0 Å². The van der Waals surface area contributed by atoms with E-state index >= 15 is 0 Å². The van der Waals surface area contributed by atoms with Crippen LogP contribution in [0, 0.1) is 17.2 Å². The highest BCUT2D eigenvalue weighted by molar-refractivity contribution is 5.63. The van der Waals surface area contributed by atoms with E-state index in [-0.39, 0.29) is 18.1 Å². The van der Waals surface area contributed by atoms with Crippen molar-refractivity contribution in [1.82, 2.24) is 30.4 Å². The van der Waals surface area contributed by atoms with Crippen LogP contribution in [0.25, 0.3) is 5.65 Å². The van der Waals surface area contributed by atoms with Gasteiger partial charge in [0.2, 0.25) is 5.65 Å².